The number of aromatic amines is 1. The van der Waals surface area contributed by atoms with E-state index in [4.69, 9.17) is 11.6 Å². The summed E-state index contributed by atoms with van der Waals surface area (Å²) in [6.07, 6.45) is 0. The molecule has 2 N–H and O–H groups in total. The molecule has 3 rings (SSSR count). The minimum Gasteiger partial charge on any atom is -0.506 e. The number of para-hydroxylation sites is 1. The molecule has 0 saturated carbocycles. The van der Waals surface area contributed by atoms with Crippen molar-refractivity contribution >= 4 is 34.1 Å². The summed E-state index contributed by atoms with van der Waals surface area (Å²) in [7, 11) is 1.52. The van der Waals surface area contributed by atoms with Crippen molar-refractivity contribution in [3.8, 4) is 5.75 Å². The maximum atomic E-state index is 12.6. The van der Waals surface area contributed by atoms with E-state index in [2.05, 4.69) is 4.98 Å². The molecule has 0 saturated heterocycles. The number of amides is 1. The highest BCUT2D eigenvalue weighted by Gasteiger charge is 2.23. The molecule has 0 bridgehead atoms. The fourth-order valence-corrected chi connectivity index (χ4v) is 2.58. The summed E-state index contributed by atoms with van der Waals surface area (Å²) in [5.74, 6) is -0.944. The van der Waals surface area contributed by atoms with Crippen LogP contribution >= 0.6 is 11.6 Å². The van der Waals surface area contributed by atoms with Gasteiger partial charge in [-0.15, -0.1) is 0 Å². The van der Waals surface area contributed by atoms with Crippen LogP contribution in [0.15, 0.2) is 53.3 Å². The highest BCUT2D eigenvalue weighted by Crippen LogP contribution is 2.27. The Morgan fingerprint density at radius 1 is 1.17 bits per heavy atom. The van der Waals surface area contributed by atoms with Crippen molar-refractivity contribution in [3.05, 3.63) is 69.5 Å². The van der Waals surface area contributed by atoms with E-state index < -0.39 is 11.5 Å². The first-order chi connectivity index (χ1) is 11.0. The summed E-state index contributed by atoms with van der Waals surface area (Å²) in [5, 5.41) is 11.2. The number of aromatic hydroxyl groups is 1. The van der Waals surface area contributed by atoms with Crippen LogP contribution in [0.25, 0.3) is 10.9 Å². The van der Waals surface area contributed by atoms with Crippen molar-refractivity contribution in [1.29, 1.82) is 0 Å². The third kappa shape index (κ3) is 2.66. The SMILES string of the molecule is CN(C(=O)c1c(O)c2ccccc2[nH]c1=O)c1cccc(Cl)c1. The van der Waals surface area contributed by atoms with Gasteiger partial charge < -0.3 is 15.0 Å². The van der Waals surface area contributed by atoms with Gasteiger partial charge in [-0.2, -0.15) is 0 Å². The van der Waals surface area contributed by atoms with Gasteiger partial charge in [0.15, 0.2) is 0 Å². The first kappa shape index (κ1) is 15.1. The molecule has 1 heterocycles. The number of pyridine rings is 1. The average molecular weight is 329 g/mol. The summed E-state index contributed by atoms with van der Waals surface area (Å²) in [6, 6.07) is 13.4. The van der Waals surface area contributed by atoms with Crippen molar-refractivity contribution in [3.63, 3.8) is 0 Å². The molecular weight excluding hydrogens is 316 g/mol. The average Bonchev–Trinajstić information content (AvgIpc) is 2.54. The maximum absolute atomic E-state index is 12.6. The van der Waals surface area contributed by atoms with Crippen LogP contribution in [0.2, 0.25) is 5.02 Å². The maximum Gasteiger partial charge on any atom is 0.267 e. The molecule has 0 aliphatic carbocycles. The summed E-state index contributed by atoms with van der Waals surface area (Å²) in [4.78, 5) is 28.7. The van der Waals surface area contributed by atoms with Gasteiger partial charge in [-0.1, -0.05) is 29.8 Å². The van der Waals surface area contributed by atoms with Crippen LogP contribution in [0.3, 0.4) is 0 Å². The summed E-state index contributed by atoms with van der Waals surface area (Å²) >= 11 is 5.93. The van der Waals surface area contributed by atoms with E-state index >= 15 is 0 Å². The second kappa shape index (κ2) is 5.78. The number of hydrogen-bond donors (Lipinski definition) is 2. The Bertz CT molecular complexity index is 965. The van der Waals surface area contributed by atoms with Crippen molar-refractivity contribution in [2.75, 3.05) is 11.9 Å². The van der Waals surface area contributed by atoms with Crippen molar-refractivity contribution in [2.24, 2.45) is 0 Å². The fourth-order valence-electron chi connectivity index (χ4n) is 2.39. The van der Waals surface area contributed by atoms with Gasteiger partial charge in [-0.25, -0.2) is 0 Å². The molecule has 0 atom stereocenters. The van der Waals surface area contributed by atoms with E-state index in [0.717, 1.165) is 0 Å². The predicted molar refractivity (Wildman–Crippen MR) is 90.4 cm³/mol. The van der Waals surface area contributed by atoms with E-state index in [1.807, 2.05) is 0 Å². The molecule has 0 aliphatic rings. The number of aromatic nitrogens is 1. The van der Waals surface area contributed by atoms with Crippen molar-refractivity contribution in [2.45, 2.75) is 0 Å². The number of rotatable bonds is 2. The highest BCUT2D eigenvalue weighted by molar-refractivity contribution is 6.31. The van der Waals surface area contributed by atoms with Crippen LogP contribution < -0.4 is 10.5 Å². The van der Waals surface area contributed by atoms with Crippen LogP contribution in [-0.4, -0.2) is 23.0 Å². The number of anilines is 1. The van der Waals surface area contributed by atoms with Gasteiger partial charge in [0, 0.05) is 23.1 Å². The Balaban J connectivity index is 2.12. The molecule has 0 fully saturated rings. The summed E-state index contributed by atoms with van der Waals surface area (Å²) in [6.45, 7) is 0. The molecule has 0 unspecified atom stereocenters. The highest BCUT2D eigenvalue weighted by atomic mass is 35.5. The Kier molecular flexibility index (Phi) is 3.80. The number of benzene rings is 2. The van der Waals surface area contributed by atoms with E-state index in [1.165, 1.54) is 11.9 Å². The lowest BCUT2D eigenvalue weighted by atomic mass is 10.1. The molecule has 6 heteroatoms. The molecule has 0 radical (unpaired) electrons. The lowest BCUT2D eigenvalue weighted by Crippen LogP contribution is -2.31. The lowest BCUT2D eigenvalue weighted by Gasteiger charge is -2.18. The third-order valence-corrected chi connectivity index (χ3v) is 3.84. The predicted octanol–water partition coefficient (Wildman–Crippen LogP) is 3.16. The Morgan fingerprint density at radius 2 is 1.91 bits per heavy atom. The van der Waals surface area contributed by atoms with E-state index in [9.17, 15) is 14.7 Å². The van der Waals surface area contributed by atoms with Crippen LogP contribution in [-0.2, 0) is 0 Å². The lowest BCUT2D eigenvalue weighted by molar-refractivity contribution is 0.0989. The second-order valence-corrected chi connectivity index (χ2v) is 5.50. The third-order valence-electron chi connectivity index (χ3n) is 3.61. The molecule has 23 heavy (non-hydrogen) atoms. The molecule has 0 spiro atoms. The fraction of sp³-hybridized carbons (Fsp3) is 0.0588. The van der Waals surface area contributed by atoms with E-state index in [-0.39, 0.29) is 11.3 Å². The topological polar surface area (TPSA) is 73.4 Å². The standard InChI is InChI=1S/C17H13ClN2O3/c1-20(11-6-4-5-10(18)9-11)17(23)14-15(21)12-7-2-3-8-13(12)19-16(14)22/h2-9H,1H3,(H2,19,21,22). The first-order valence-corrected chi connectivity index (χ1v) is 7.24. The van der Waals surface area contributed by atoms with Crippen LogP contribution in [0.4, 0.5) is 5.69 Å². The van der Waals surface area contributed by atoms with Gasteiger partial charge in [0.05, 0.1) is 5.52 Å². The van der Waals surface area contributed by atoms with Gasteiger partial charge in [0.25, 0.3) is 11.5 Å². The van der Waals surface area contributed by atoms with Crippen molar-refractivity contribution in [1.82, 2.24) is 4.98 Å². The zero-order valence-corrected chi connectivity index (χ0v) is 13.0. The molecule has 116 valence electrons. The number of nitrogens with zero attached hydrogens (tertiary/aromatic N) is 1. The molecule has 1 amide bonds. The Labute approximate surface area is 136 Å². The number of hydrogen-bond acceptors (Lipinski definition) is 3. The summed E-state index contributed by atoms with van der Waals surface area (Å²) in [5.41, 5.74) is 0.0534. The van der Waals surface area contributed by atoms with E-state index in [1.54, 1.807) is 48.5 Å². The smallest absolute Gasteiger partial charge is 0.267 e. The monoisotopic (exact) mass is 328 g/mol. The quantitative estimate of drug-likeness (QED) is 0.759. The number of fused-ring (bicyclic) bond motifs is 1. The van der Waals surface area contributed by atoms with Gasteiger partial charge >= 0.3 is 0 Å². The molecule has 5 nitrogen and oxygen atoms in total. The molecule has 3 aromatic rings. The first-order valence-electron chi connectivity index (χ1n) is 6.86. The summed E-state index contributed by atoms with van der Waals surface area (Å²) < 4.78 is 0. The Morgan fingerprint density at radius 3 is 2.65 bits per heavy atom. The largest absolute Gasteiger partial charge is 0.506 e. The molecule has 2 aromatic carbocycles. The molecule has 1 aromatic heterocycles. The molecular formula is C17H13ClN2O3. The number of nitrogens with one attached hydrogen (secondary N) is 1. The molecule has 0 aliphatic heterocycles. The minimum atomic E-state index is -0.639. The zero-order chi connectivity index (χ0) is 16.6. The van der Waals surface area contributed by atoms with Crippen LogP contribution in [0.1, 0.15) is 10.4 Å². The van der Waals surface area contributed by atoms with Crippen LogP contribution in [0, 0.1) is 0 Å². The number of H-pyrrole nitrogens is 1. The van der Waals surface area contributed by atoms with E-state index in [0.29, 0.717) is 21.6 Å². The number of carbonyl (C=O) groups excluding carboxylic acids is 1. The second-order valence-electron chi connectivity index (χ2n) is 5.07. The zero-order valence-electron chi connectivity index (χ0n) is 12.2. The number of halogens is 1. The van der Waals surface area contributed by atoms with Crippen LogP contribution in [0.5, 0.6) is 5.75 Å². The normalized spacial score (nSPS) is 10.7. The number of carbonyl (C=O) groups is 1. The van der Waals surface area contributed by atoms with Gasteiger partial charge in [0.1, 0.15) is 11.3 Å². The Hall–Kier alpha value is -2.79. The van der Waals surface area contributed by atoms with Gasteiger partial charge in [-0.3, -0.25) is 9.59 Å². The van der Waals surface area contributed by atoms with Gasteiger partial charge in [0.2, 0.25) is 0 Å². The van der Waals surface area contributed by atoms with Gasteiger partial charge in [-0.05, 0) is 30.3 Å². The van der Waals surface area contributed by atoms with Crippen molar-refractivity contribution < 1.29 is 9.90 Å². The minimum absolute atomic E-state index is 0.300.